The van der Waals surface area contributed by atoms with E-state index in [2.05, 4.69) is 41.5 Å². The zero-order chi connectivity index (χ0) is 17.5. The van der Waals surface area contributed by atoms with Crippen LogP contribution in [0, 0.1) is 5.92 Å². The first-order valence-electron chi connectivity index (χ1n) is 9.27. The standard InChI is InChI=1S/C22H28N2O/c1-24-14-12-18(13-15-24)17-23-22(25)16-21(19-8-4-2-5-9-19)20-10-6-3-7-11-20/h2-11,18,21H,12-17H2,1H3,(H,23,25). The Morgan fingerprint density at radius 2 is 1.52 bits per heavy atom. The summed E-state index contributed by atoms with van der Waals surface area (Å²) in [5, 5.41) is 3.18. The van der Waals surface area contributed by atoms with Crippen LogP contribution in [0.2, 0.25) is 0 Å². The van der Waals surface area contributed by atoms with Crippen molar-refractivity contribution in [2.45, 2.75) is 25.2 Å². The third-order valence-corrected chi connectivity index (χ3v) is 5.22. The summed E-state index contributed by atoms with van der Waals surface area (Å²) in [5.41, 5.74) is 2.39. The smallest absolute Gasteiger partial charge is 0.220 e. The van der Waals surface area contributed by atoms with Crippen LogP contribution in [0.1, 0.15) is 36.3 Å². The monoisotopic (exact) mass is 336 g/mol. The molecule has 0 atom stereocenters. The number of benzene rings is 2. The van der Waals surface area contributed by atoms with Gasteiger partial charge >= 0.3 is 0 Å². The lowest BCUT2D eigenvalue weighted by Crippen LogP contribution is -2.37. The molecule has 1 amide bonds. The Kier molecular flexibility index (Phi) is 6.24. The van der Waals surface area contributed by atoms with Gasteiger partial charge in [-0.15, -0.1) is 0 Å². The number of hydrogen-bond donors (Lipinski definition) is 1. The van der Waals surface area contributed by atoms with Crippen molar-refractivity contribution >= 4 is 5.91 Å². The zero-order valence-electron chi connectivity index (χ0n) is 15.0. The van der Waals surface area contributed by atoms with Crippen LogP contribution in [0.25, 0.3) is 0 Å². The van der Waals surface area contributed by atoms with E-state index >= 15 is 0 Å². The molecule has 1 saturated heterocycles. The summed E-state index contributed by atoms with van der Waals surface area (Å²) >= 11 is 0. The first-order valence-corrected chi connectivity index (χ1v) is 9.27. The van der Waals surface area contributed by atoms with Crippen molar-refractivity contribution in [3.8, 4) is 0 Å². The topological polar surface area (TPSA) is 32.3 Å². The van der Waals surface area contributed by atoms with Crippen molar-refractivity contribution in [1.82, 2.24) is 10.2 Å². The van der Waals surface area contributed by atoms with Gasteiger partial charge in [0.05, 0.1) is 0 Å². The maximum atomic E-state index is 12.6. The van der Waals surface area contributed by atoms with Crippen LogP contribution < -0.4 is 5.32 Å². The molecule has 3 heteroatoms. The van der Waals surface area contributed by atoms with Gasteiger partial charge in [0.1, 0.15) is 0 Å². The van der Waals surface area contributed by atoms with E-state index in [1.807, 2.05) is 36.4 Å². The van der Waals surface area contributed by atoms with Gasteiger partial charge in [0, 0.05) is 18.9 Å². The Morgan fingerprint density at radius 3 is 2.04 bits per heavy atom. The molecule has 0 saturated carbocycles. The second-order valence-corrected chi connectivity index (χ2v) is 7.13. The van der Waals surface area contributed by atoms with Crippen molar-refractivity contribution in [3.63, 3.8) is 0 Å². The minimum atomic E-state index is 0.111. The Morgan fingerprint density at radius 1 is 1.00 bits per heavy atom. The predicted octanol–water partition coefficient (Wildman–Crippen LogP) is 3.67. The van der Waals surface area contributed by atoms with Crippen LogP contribution in [0.3, 0.4) is 0 Å². The number of nitrogens with one attached hydrogen (secondary N) is 1. The minimum absolute atomic E-state index is 0.111. The first-order chi connectivity index (χ1) is 12.2. The lowest BCUT2D eigenvalue weighted by atomic mass is 9.88. The normalized spacial score (nSPS) is 16.1. The second kappa shape index (κ2) is 8.82. The van der Waals surface area contributed by atoms with Gasteiger partial charge in [-0.2, -0.15) is 0 Å². The maximum Gasteiger partial charge on any atom is 0.220 e. The zero-order valence-corrected chi connectivity index (χ0v) is 15.0. The SMILES string of the molecule is CN1CCC(CNC(=O)CC(c2ccccc2)c2ccccc2)CC1. The van der Waals surface area contributed by atoms with Crippen LogP contribution >= 0.6 is 0 Å². The first kappa shape index (κ1) is 17.7. The van der Waals surface area contributed by atoms with Crippen LogP contribution in [-0.4, -0.2) is 37.5 Å². The lowest BCUT2D eigenvalue weighted by molar-refractivity contribution is -0.121. The second-order valence-electron chi connectivity index (χ2n) is 7.13. The van der Waals surface area contributed by atoms with Gasteiger partial charge in [0.25, 0.3) is 0 Å². The van der Waals surface area contributed by atoms with Gasteiger partial charge in [-0.05, 0) is 50.0 Å². The molecule has 1 fully saturated rings. The van der Waals surface area contributed by atoms with E-state index in [1.165, 1.54) is 24.0 Å². The third-order valence-electron chi connectivity index (χ3n) is 5.22. The van der Waals surface area contributed by atoms with Crippen molar-refractivity contribution in [3.05, 3.63) is 71.8 Å². The van der Waals surface area contributed by atoms with E-state index in [0.717, 1.165) is 19.6 Å². The Balaban J connectivity index is 1.61. The summed E-state index contributed by atoms with van der Waals surface area (Å²) in [5.74, 6) is 0.878. The highest BCUT2D eigenvalue weighted by Gasteiger charge is 2.20. The number of amides is 1. The summed E-state index contributed by atoms with van der Waals surface area (Å²) < 4.78 is 0. The van der Waals surface area contributed by atoms with Crippen LogP contribution in [0.5, 0.6) is 0 Å². The molecular formula is C22H28N2O. The van der Waals surface area contributed by atoms with Gasteiger partial charge < -0.3 is 10.2 Å². The molecule has 2 aromatic carbocycles. The molecule has 2 aromatic rings. The fourth-order valence-electron chi connectivity index (χ4n) is 3.58. The quantitative estimate of drug-likeness (QED) is 0.873. The average molecular weight is 336 g/mol. The lowest BCUT2D eigenvalue weighted by Gasteiger charge is -2.29. The number of piperidine rings is 1. The summed E-state index contributed by atoms with van der Waals surface area (Å²) in [4.78, 5) is 14.9. The highest BCUT2D eigenvalue weighted by atomic mass is 16.1. The predicted molar refractivity (Wildman–Crippen MR) is 103 cm³/mol. The van der Waals surface area contributed by atoms with E-state index in [0.29, 0.717) is 12.3 Å². The molecule has 1 aliphatic heterocycles. The van der Waals surface area contributed by atoms with Gasteiger partial charge in [-0.3, -0.25) is 4.79 Å². The molecule has 0 aromatic heterocycles. The highest BCUT2D eigenvalue weighted by molar-refractivity contribution is 5.77. The average Bonchev–Trinajstić information content (AvgIpc) is 2.67. The molecule has 3 rings (SSSR count). The van der Waals surface area contributed by atoms with Crippen LogP contribution in [-0.2, 0) is 4.79 Å². The van der Waals surface area contributed by atoms with Crippen LogP contribution in [0.4, 0.5) is 0 Å². The van der Waals surface area contributed by atoms with E-state index < -0.39 is 0 Å². The molecule has 0 spiro atoms. The summed E-state index contributed by atoms with van der Waals surface area (Å²) in [6, 6.07) is 20.7. The molecule has 0 bridgehead atoms. The molecule has 3 nitrogen and oxygen atoms in total. The molecule has 0 unspecified atom stereocenters. The largest absolute Gasteiger partial charge is 0.356 e. The van der Waals surface area contributed by atoms with E-state index in [1.54, 1.807) is 0 Å². The molecular weight excluding hydrogens is 308 g/mol. The summed E-state index contributed by atoms with van der Waals surface area (Å²) in [7, 11) is 2.17. The van der Waals surface area contributed by atoms with Crippen LogP contribution in [0.15, 0.2) is 60.7 Å². The van der Waals surface area contributed by atoms with E-state index in [9.17, 15) is 4.79 Å². The number of rotatable bonds is 6. The summed E-state index contributed by atoms with van der Waals surface area (Å²) in [6.45, 7) is 3.08. The number of carbonyl (C=O) groups is 1. The van der Waals surface area contributed by atoms with Gasteiger partial charge in [-0.25, -0.2) is 0 Å². The molecule has 25 heavy (non-hydrogen) atoms. The fourth-order valence-corrected chi connectivity index (χ4v) is 3.58. The fraction of sp³-hybridized carbons (Fsp3) is 0.409. The molecule has 1 heterocycles. The Labute approximate surface area is 151 Å². The van der Waals surface area contributed by atoms with Crippen molar-refractivity contribution < 1.29 is 4.79 Å². The molecule has 0 radical (unpaired) electrons. The Hall–Kier alpha value is -2.13. The highest BCUT2D eigenvalue weighted by Crippen LogP contribution is 2.27. The van der Waals surface area contributed by atoms with Gasteiger partial charge in [0.2, 0.25) is 5.91 Å². The number of hydrogen-bond acceptors (Lipinski definition) is 2. The van der Waals surface area contributed by atoms with Gasteiger partial charge in [-0.1, -0.05) is 60.7 Å². The number of carbonyl (C=O) groups excluding carboxylic acids is 1. The maximum absolute atomic E-state index is 12.6. The Bertz CT molecular complexity index is 609. The summed E-state index contributed by atoms with van der Waals surface area (Å²) in [6.07, 6.45) is 2.86. The van der Waals surface area contributed by atoms with Crippen molar-refractivity contribution in [1.29, 1.82) is 0 Å². The molecule has 1 N–H and O–H groups in total. The number of likely N-dealkylation sites (tertiary alicyclic amines) is 1. The van der Waals surface area contributed by atoms with Crippen molar-refractivity contribution in [2.24, 2.45) is 5.92 Å². The molecule has 1 aliphatic rings. The van der Waals surface area contributed by atoms with E-state index in [4.69, 9.17) is 0 Å². The molecule has 132 valence electrons. The third kappa shape index (κ3) is 5.17. The van der Waals surface area contributed by atoms with Gasteiger partial charge in [0.15, 0.2) is 0 Å². The van der Waals surface area contributed by atoms with Crippen molar-refractivity contribution in [2.75, 3.05) is 26.7 Å². The molecule has 0 aliphatic carbocycles. The number of nitrogens with zero attached hydrogens (tertiary/aromatic N) is 1. The van der Waals surface area contributed by atoms with E-state index in [-0.39, 0.29) is 11.8 Å². The minimum Gasteiger partial charge on any atom is -0.356 e.